The van der Waals surface area contributed by atoms with Crippen LogP contribution < -0.4 is 14.8 Å². The molecule has 0 unspecified atom stereocenters. The zero-order valence-electron chi connectivity index (χ0n) is 12.3. The Labute approximate surface area is 124 Å². The molecule has 1 N–H and O–H groups in total. The van der Waals surface area contributed by atoms with Gasteiger partial charge in [0, 0.05) is 17.6 Å². The molecule has 0 spiro atoms. The van der Waals surface area contributed by atoms with Crippen LogP contribution in [-0.4, -0.2) is 17.8 Å². The van der Waals surface area contributed by atoms with Crippen LogP contribution in [0, 0.1) is 5.92 Å². The highest BCUT2D eigenvalue weighted by Crippen LogP contribution is 2.38. The predicted molar refractivity (Wildman–Crippen MR) is 82.9 cm³/mol. The summed E-state index contributed by atoms with van der Waals surface area (Å²) in [4.78, 5) is 4.54. The molecule has 0 amide bonds. The van der Waals surface area contributed by atoms with Crippen molar-refractivity contribution in [1.29, 1.82) is 0 Å². The van der Waals surface area contributed by atoms with Crippen molar-refractivity contribution in [3.63, 3.8) is 0 Å². The van der Waals surface area contributed by atoms with Crippen LogP contribution in [0.2, 0.25) is 0 Å². The van der Waals surface area contributed by atoms with Crippen LogP contribution in [0.3, 0.4) is 0 Å². The summed E-state index contributed by atoms with van der Waals surface area (Å²) in [6.45, 7) is 2.65. The van der Waals surface area contributed by atoms with Crippen molar-refractivity contribution in [3.05, 3.63) is 24.4 Å². The Morgan fingerprint density at radius 3 is 2.67 bits per heavy atom. The summed E-state index contributed by atoms with van der Waals surface area (Å²) in [6, 6.07) is 6.63. The largest absolute Gasteiger partial charge is 0.454 e. The second-order valence-electron chi connectivity index (χ2n) is 6.19. The molecule has 1 saturated carbocycles. The normalized spacial score (nSPS) is 24.2. The van der Waals surface area contributed by atoms with Crippen molar-refractivity contribution in [2.24, 2.45) is 5.92 Å². The highest BCUT2D eigenvalue weighted by Gasteiger charge is 2.20. The summed E-state index contributed by atoms with van der Waals surface area (Å²) in [7, 11) is 0. The van der Waals surface area contributed by atoms with Gasteiger partial charge >= 0.3 is 0 Å². The topological polar surface area (TPSA) is 43.4 Å². The third kappa shape index (κ3) is 2.39. The molecule has 1 aromatic heterocycles. The Kier molecular flexibility index (Phi) is 3.09. The van der Waals surface area contributed by atoms with Gasteiger partial charge in [0.1, 0.15) is 5.82 Å². The van der Waals surface area contributed by atoms with Gasteiger partial charge in [-0.1, -0.05) is 6.92 Å². The molecule has 1 aliphatic heterocycles. The highest BCUT2D eigenvalue weighted by molar-refractivity contribution is 5.94. The minimum Gasteiger partial charge on any atom is -0.454 e. The fourth-order valence-corrected chi connectivity index (χ4v) is 3.28. The molecule has 21 heavy (non-hydrogen) atoms. The number of ether oxygens (including phenoxy) is 2. The molecule has 0 bridgehead atoms. The first-order valence-corrected chi connectivity index (χ1v) is 7.74. The second-order valence-corrected chi connectivity index (χ2v) is 6.19. The number of nitrogens with one attached hydrogen (secondary N) is 1. The lowest BCUT2D eigenvalue weighted by Gasteiger charge is -2.27. The van der Waals surface area contributed by atoms with Crippen LogP contribution in [0.15, 0.2) is 24.4 Å². The van der Waals surface area contributed by atoms with Gasteiger partial charge in [0.05, 0.1) is 0 Å². The highest BCUT2D eigenvalue weighted by atomic mass is 16.7. The minimum atomic E-state index is 0.308. The molecule has 4 nitrogen and oxygen atoms in total. The van der Waals surface area contributed by atoms with Gasteiger partial charge in [-0.2, -0.15) is 0 Å². The van der Waals surface area contributed by atoms with Crippen LogP contribution in [0.4, 0.5) is 5.82 Å². The van der Waals surface area contributed by atoms with Crippen molar-refractivity contribution in [2.45, 2.75) is 38.6 Å². The number of aromatic nitrogens is 1. The van der Waals surface area contributed by atoms with E-state index >= 15 is 0 Å². The quantitative estimate of drug-likeness (QED) is 0.906. The third-order valence-corrected chi connectivity index (χ3v) is 4.61. The van der Waals surface area contributed by atoms with Crippen molar-refractivity contribution in [1.82, 2.24) is 4.98 Å². The SMILES string of the molecule is CC1CCC(Nc2nccc3cc4c(cc23)OCO4)CC1. The van der Waals surface area contributed by atoms with Crippen molar-refractivity contribution >= 4 is 16.6 Å². The Bertz CT molecular complexity index is 663. The molecular weight excluding hydrogens is 264 g/mol. The molecule has 4 rings (SSSR count). The van der Waals surface area contributed by atoms with E-state index in [1.54, 1.807) is 0 Å². The number of pyridine rings is 1. The van der Waals surface area contributed by atoms with Gasteiger partial charge in [0.15, 0.2) is 11.5 Å². The lowest BCUT2D eigenvalue weighted by atomic mass is 9.87. The predicted octanol–water partition coefficient (Wildman–Crippen LogP) is 3.95. The zero-order valence-corrected chi connectivity index (χ0v) is 12.3. The monoisotopic (exact) mass is 284 g/mol. The van der Waals surface area contributed by atoms with Crippen molar-refractivity contribution < 1.29 is 9.47 Å². The van der Waals surface area contributed by atoms with Crippen molar-refractivity contribution in [3.8, 4) is 11.5 Å². The molecule has 0 radical (unpaired) electrons. The van der Waals surface area contributed by atoms with Gasteiger partial charge in [0.2, 0.25) is 6.79 Å². The molecule has 2 aromatic rings. The number of hydrogen-bond acceptors (Lipinski definition) is 4. The summed E-state index contributed by atoms with van der Waals surface area (Å²) in [5.41, 5.74) is 0. The van der Waals surface area contributed by atoms with E-state index in [0.717, 1.165) is 34.0 Å². The van der Waals surface area contributed by atoms with E-state index in [0.29, 0.717) is 12.8 Å². The molecule has 1 aliphatic carbocycles. The standard InChI is InChI=1S/C17H20N2O2/c1-11-2-4-13(5-3-11)19-17-14-9-16-15(20-10-21-16)8-12(14)6-7-18-17/h6-9,11,13H,2-5,10H2,1H3,(H,18,19). The maximum absolute atomic E-state index is 5.49. The Morgan fingerprint density at radius 1 is 1.10 bits per heavy atom. The minimum absolute atomic E-state index is 0.308. The molecule has 0 saturated heterocycles. The van der Waals surface area contributed by atoms with Crippen molar-refractivity contribution in [2.75, 3.05) is 12.1 Å². The maximum Gasteiger partial charge on any atom is 0.231 e. The van der Waals surface area contributed by atoms with Gasteiger partial charge < -0.3 is 14.8 Å². The average Bonchev–Trinajstić information content (AvgIpc) is 2.95. The molecular formula is C17H20N2O2. The second kappa shape index (κ2) is 5.10. The van der Waals surface area contributed by atoms with Crippen LogP contribution in [0.5, 0.6) is 11.5 Å². The van der Waals surface area contributed by atoms with E-state index < -0.39 is 0 Å². The third-order valence-electron chi connectivity index (χ3n) is 4.61. The van der Waals surface area contributed by atoms with E-state index in [2.05, 4.69) is 17.2 Å². The first-order chi connectivity index (χ1) is 10.3. The van der Waals surface area contributed by atoms with E-state index in [9.17, 15) is 0 Å². The molecule has 1 fully saturated rings. The molecule has 4 heteroatoms. The zero-order chi connectivity index (χ0) is 14.2. The molecule has 0 atom stereocenters. The van der Waals surface area contributed by atoms with Crippen LogP contribution >= 0.6 is 0 Å². The number of benzene rings is 1. The first kappa shape index (κ1) is 12.7. The van der Waals surface area contributed by atoms with Gasteiger partial charge in [-0.05, 0) is 55.2 Å². The van der Waals surface area contributed by atoms with Crippen LogP contribution in [-0.2, 0) is 0 Å². The maximum atomic E-state index is 5.49. The number of anilines is 1. The van der Waals surface area contributed by atoms with E-state index in [1.807, 2.05) is 24.4 Å². The Hall–Kier alpha value is -1.97. The van der Waals surface area contributed by atoms with E-state index in [-0.39, 0.29) is 0 Å². The summed E-state index contributed by atoms with van der Waals surface area (Å²) >= 11 is 0. The number of nitrogens with zero attached hydrogens (tertiary/aromatic N) is 1. The molecule has 110 valence electrons. The fourth-order valence-electron chi connectivity index (χ4n) is 3.28. The number of hydrogen-bond donors (Lipinski definition) is 1. The average molecular weight is 284 g/mol. The smallest absolute Gasteiger partial charge is 0.231 e. The van der Waals surface area contributed by atoms with Gasteiger partial charge in [0.25, 0.3) is 0 Å². The van der Waals surface area contributed by atoms with Gasteiger partial charge in [-0.25, -0.2) is 4.98 Å². The number of rotatable bonds is 2. The first-order valence-electron chi connectivity index (χ1n) is 7.74. The van der Waals surface area contributed by atoms with Crippen LogP contribution in [0.25, 0.3) is 10.8 Å². The molecule has 1 aromatic carbocycles. The summed E-state index contributed by atoms with van der Waals surface area (Å²) in [5, 5.41) is 5.88. The summed E-state index contributed by atoms with van der Waals surface area (Å²) < 4.78 is 10.9. The number of fused-ring (bicyclic) bond motifs is 2. The lowest BCUT2D eigenvalue weighted by Crippen LogP contribution is -2.25. The molecule has 2 aliphatic rings. The molecule has 2 heterocycles. The summed E-state index contributed by atoms with van der Waals surface area (Å²) in [5.74, 6) is 3.46. The Balaban J connectivity index is 1.65. The van der Waals surface area contributed by atoms with E-state index in [4.69, 9.17) is 9.47 Å². The fraction of sp³-hybridized carbons (Fsp3) is 0.471. The van der Waals surface area contributed by atoms with Crippen LogP contribution in [0.1, 0.15) is 32.6 Å². The lowest BCUT2D eigenvalue weighted by molar-refractivity contribution is 0.174. The Morgan fingerprint density at radius 2 is 1.86 bits per heavy atom. The van der Waals surface area contributed by atoms with Gasteiger partial charge in [-0.15, -0.1) is 0 Å². The van der Waals surface area contributed by atoms with Gasteiger partial charge in [-0.3, -0.25) is 0 Å². The summed E-state index contributed by atoms with van der Waals surface area (Å²) in [6.07, 6.45) is 6.91. The van der Waals surface area contributed by atoms with E-state index in [1.165, 1.54) is 25.7 Å².